The molecule has 2 aromatic carbocycles. The van der Waals surface area contributed by atoms with Gasteiger partial charge in [0.05, 0.1) is 4.92 Å². The Kier molecular flexibility index (Phi) is 6.03. The summed E-state index contributed by atoms with van der Waals surface area (Å²) in [5, 5.41) is 13.5. The zero-order chi connectivity index (χ0) is 19.3. The summed E-state index contributed by atoms with van der Waals surface area (Å²) < 4.78 is 4.80. The predicted octanol–water partition coefficient (Wildman–Crippen LogP) is 3.25. The number of rotatable bonds is 6. The number of amides is 1. The molecular weight excluding hydrogens is 364 g/mol. The third kappa shape index (κ3) is 4.87. The first-order valence-corrected chi connectivity index (χ1v) is 7.67. The molecule has 0 aliphatic carbocycles. The number of Topliss-reactive ketones (excluding diaryl/α,β-unsaturated/α-hetero) is 1. The highest BCUT2D eigenvalue weighted by molar-refractivity contribution is 6.31. The zero-order valence-corrected chi connectivity index (χ0v) is 14.3. The Bertz CT molecular complexity index is 879. The second kappa shape index (κ2) is 8.21. The van der Waals surface area contributed by atoms with Gasteiger partial charge >= 0.3 is 5.97 Å². The number of nitrogens with one attached hydrogen (secondary N) is 1. The van der Waals surface area contributed by atoms with Crippen LogP contribution in [0.3, 0.4) is 0 Å². The number of halogens is 1. The summed E-state index contributed by atoms with van der Waals surface area (Å²) in [5.41, 5.74) is 0.0771. The average molecular weight is 377 g/mol. The van der Waals surface area contributed by atoms with Crippen molar-refractivity contribution in [2.24, 2.45) is 0 Å². The van der Waals surface area contributed by atoms with Crippen molar-refractivity contribution in [3.8, 4) is 0 Å². The van der Waals surface area contributed by atoms with E-state index in [1.165, 1.54) is 25.1 Å². The van der Waals surface area contributed by atoms with E-state index in [1.54, 1.807) is 12.1 Å². The summed E-state index contributed by atoms with van der Waals surface area (Å²) >= 11 is 5.74. The minimum Gasteiger partial charge on any atom is -0.452 e. The van der Waals surface area contributed by atoms with E-state index < -0.39 is 29.1 Å². The van der Waals surface area contributed by atoms with Crippen molar-refractivity contribution in [2.45, 2.75) is 6.92 Å². The molecule has 0 saturated carbocycles. The number of carbonyl (C=O) groups excluding carboxylic acids is 3. The zero-order valence-electron chi connectivity index (χ0n) is 13.5. The van der Waals surface area contributed by atoms with Crippen LogP contribution in [0.25, 0.3) is 0 Å². The molecule has 9 heteroatoms. The number of anilines is 1. The molecule has 2 aromatic rings. The molecule has 1 N–H and O–H groups in total. The van der Waals surface area contributed by atoms with Crippen molar-refractivity contribution in [3.63, 3.8) is 0 Å². The molecule has 2 rings (SSSR count). The molecule has 134 valence electrons. The van der Waals surface area contributed by atoms with Gasteiger partial charge in [0, 0.05) is 22.3 Å². The van der Waals surface area contributed by atoms with Gasteiger partial charge < -0.3 is 10.1 Å². The van der Waals surface area contributed by atoms with E-state index in [9.17, 15) is 24.5 Å². The van der Waals surface area contributed by atoms with E-state index in [2.05, 4.69) is 5.32 Å². The lowest BCUT2D eigenvalue weighted by Gasteiger charge is -2.07. The van der Waals surface area contributed by atoms with Crippen molar-refractivity contribution in [3.05, 3.63) is 68.7 Å². The first-order valence-electron chi connectivity index (χ1n) is 7.30. The van der Waals surface area contributed by atoms with Gasteiger partial charge in [-0.2, -0.15) is 0 Å². The van der Waals surface area contributed by atoms with Crippen LogP contribution in [0.15, 0.2) is 42.5 Å². The van der Waals surface area contributed by atoms with Crippen LogP contribution in [0.4, 0.5) is 11.4 Å². The number of hydrogen-bond donors (Lipinski definition) is 1. The minimum absolute atomic E-state index is 0.111. The number of nitro groups is 1. The van der Waals surface area contributed by atoms with Gasteiger partial charge in [-0.3, -0.25) is 19.7 Å². The van der Waals surface area contributed by atoms with E-state index in [1.807, 2.05) is 0 Å². The second-order valence-electron chi connectivity index (χ2n) is 5.18. The van der Waals surface area contributed by atoms with Crippen molar-refractivity contribution >= 4 is 40.6 Å². The number of ether oxygens (including phenoxy) is 1. The average Bonchev–Trinajstić information content (AvgIpc) is 2.59. The van der Waals surface area contributed by atoms with Crippen LogP contribution in [0.2, 0.25) is 5.02 Å². The number of esters is 1. The summed E-state index contributed by atoms with van der Waals surface area (Å²) in [7, 11) is 0. The maximum Gasteiger partial charge on any atom is 0.345 e. The molecule has 8 nitrogen and oxygen atoms in total. The lowest BCUT2D eigenvalue weighted by molar-refractivity contribution is -0.385. The van der Waals surface area contributed by atoms with Gasteiger partial charge in [-0.1, -0.05) is 11.6 Å². The molecule has 0 spiro atoms. The van der Waals surface area contributed by atoms with E-state index in [-0.39, 0.29) is 16.4 Å². The first kappa shape index (κ1) is 19.1. The smallest absolute Gasteiger partial charge is 0.345 e. The number of nitro benzene ring substituents is 1. The fraction of sp³-hybridized carbons (Fsp3) is 0.118. The fourth-order valence-electron chi connectivity index (χ4n) is 2.03. The van der Waals surface area contributed by atoms with Crippen LogP contribution in [-0.2, 0) is 9.53 Å². The highest BCUT2D eigenvalue weighted by Gasteiger charge is 2.22. The van der Waals surface area contributed by atoms with Crippen molar-refractivity contribution in [1.82, 2.24) is 0 Å². The highest BCUT2D eigenvalue weighted by atomic mass is 35.5. The molecule has 0 aliphatic heterocycles. The molecule has 1 amide bonds. The van der Waals surface area contributed by atoms with Crippen molar-refractivity contribution < 1.29 is 24.0 Å². The molecule has 0 saturated heterocycles. The first-order chi connectivity index (χ1) is 12.3. The van der Waals surface area contributed by atoms with Gasteiger partial charge in [-0.15, -0.1) is 0 Å². The monoisotopic (exact) mass is 376 g/mol. The van der Waals surface area contributed by atoms with Crippen molar-refractivity contribution in [1.29, 1.82) is 0 Å². The Morgan fingerprint density at radius 1 is 1.15 bits per heavy atom. The van der Waals surface area contributed by atoms with Crippen LogP contribution in [0.1, 0.15) is 27.6 Å². The Morgan fingerprint density at radius 2 is 1.81 bits per heavy atom. The van der Waals surface area contributed by atoms with Gasteiger partial charge in [-0.05, 0) is 43.3 Å². The van der Waals surface area contributed by atoms with Gasteiger partial charge in [0.1, 0.15) is 5.56 Å². The largest absolute Gasteiger partial charge is 0.452 e. The van der Waals surface area contributed by atoms with Gasteiger partial charge in [-0.25, -0.2) is 4.79 Å². The molecule has 0 fully saturated rings. The topological polar surface area (TPSA) is 116 Å². The molecule has 0 radical (unpaired) electrons. The van der Waals surface area contributed by atoms with E-state index in [4.69, 9.17) is 16.3 Å². The van der Waals surface area contributed by atoms with Crippen LogP contribution in [0.5, 0.6) is 0 Å². The Hall–Kier alpha value is -3.26. The minimum atomic E-state index is -1.04. The molecule has 0 bridgehead atoms. The summed E-state index contributed by atoms with van der Waals surface area (Å²) in [6.07, 6.45) is 0. The fourth-order valence-corrected chi connectivity index (χ4v) is 2.20. The van der Waals surface area contributed by atoms with Gasteiger partial charge in [0.25, 0.3) is 11.6 Å². The van der Waals surface area contributed by atoms with Gasteiger partial charge in [0.15, 0.2) is 12.4 Å². The van der Waals surface area contributed by atoms with Crippen molar-refractivity contribution in [2.75, 3.05) is 11.9 Å². The van der Waals surface area contributed by atoms with E-state index in [0.29, 0.717) is 11.3 Å². The van der Waals surface area contributed by atoms with E-state index in [0.717, 1.165) is 12.1 Å². The molecule has 0 aliphatic rings. The SMILES string of the molecule is CC(=O)c1ccc(NC(=O)COC(=O)c2cc(Cl)ccc2[N+](=O)[O-])cc1. The standard InChI is InChI=1S/C17H13ClN2O6/c1-10(21)11-2-5-13(6-3-11)19-16(22)9-26-17(23)14-8-12(18)4-7-15(14)20(24)25/h2-8H,9H2,1H3,(H,19,22). The maximum atomic E-state index is 12.0. The van der Waals surface area contributed by atoms with Crippen LogP contribution >= 0.6 is 11.6 Å². The Morgan fingerprint density at radius 3 is 2.38 bits per heavy atom. The lowest BCUT2D eigenvalue weighted by Crippen LogP contribution is -2.21. The molecule has 0 unspecified atom stereocenters. The molecule has 0 atom stereocenters. The van der Waals surface area contributed by atoms with E-state index >= 15 is 0 Å². The summed E-state index contributed by atoms with van der Waals surface area (Å²) in [6, 6.07) is 9.58. The summed E-state index contributed by atoms with van der Waals surface area (Å²) in [4.78, 5) is 45.2. The summed E-state index contributed by atoms with van der Waals surface area (Å²) in [6.45, 7) is 0.777. The molecule has 26 heavy (non-hydrogen) atoms. The maximum absolute atomic E-state index is 12.0. The quantitative estimate of drug-likeness (QED) is 0.358. The number of benzene rings is 2. The number of ketones is 1. The molecule has 0 aromatic heterocycles. The second-order valence-corrected chi connectivity index (χ2v) is 5.61. The third-order valence-corrected chi connectivity index (χ3v) is 3.52. The molecule has 0 heterocycles. The third-order valence-electron chi connectivity index (χ3n) is 3.28. The Labute approximate surface area is 152 Å². The number of hydrogen-bond acceptors (Lipinski definition) is 6. The molecular formula is C17H13ClN2O6. The highest BCUT2D eigenvalue weighted by Crippen LogP contribution is 2.23. The number of nitrogens with zero attached hydrogens (tertiary/aromatic N) is 1. The normalized spacial score (nSPS) is 10.1. The van der Waals surface area contributed by atoms with Crippen LogP contribution in [-0.4, -0.2) is 29.2 Å². The van der Waals surface area contributed by atoms with Gasteiger partial charge in [0.2, 0.25) is 0 Å². The van der Waals surface area contributed by atoms with Crippen LogP contribution in [0, 0.1) is 10.1 Å². The summed E-state index contributed by atoms with van der Waals surface area (Å²) in [5.74, 6) is -1.79. The number of carbonyl (C=O) groups is 3. The van der Waals surface area contributed by atoms with Crippen LogP contribution < -0.4 is 5.32 Å². The lowest BCUT2D eigenvalue weighted by atomic mass is 10.1. The predicted molar refractivity (Wildman–Crippen MR) is 93.5 cm³/mol. The Balaban J connectivity index is 1.99.